The average Bonchev–Trinajstić information content (AvgIpc) is 3.14. The highest BCUT2D eigenvalue weighted by atomic mass is 32.1. The van der Waals surface area contributed by atoms with E-state index in [9.17, 15) is 18.3 Å². The second kappa shape index (κ2) is 7.72. The van der Waals surface area contributed by atoms with E-state index in [1.54, 1.807) is 0 Å². The van der Waals surface area contributed by atoms with Crippen molar-refractivity contribution in [2.75, 3.05) is 24.5 Å². The fourth-order valence-electron chi connectivity index (χ4n) is 2.91. The maximum absolute atomic E-state index is 12.6. The minimum atomic E-state index is -4.36. The van der Waals surface area contributed by atoms with E-state index in [0.717, 1.165) is 43.1 Å². The number of aromatic nitrogens is 1. The second-order valence-electron chi connectivity index (χ2n) is 6.10. The molecule has 1 aliphatic rings. The lowest BCUT2D eigenvalue weighted by Gasteiger charge is -2.33. The average molecular weight is 371 g/mol. The van der Waals surface area contributed by atoms with Crippen LogP contribution in [-0.4, -0.2) is 35.8 Å². The van der Waals surface area contributed by atoms with Crippen molar-refractivity contribution in [1.29, 1.82) is 0 Å². The quantitative estimate of drug-likeness (QED) is 0.845. The van der Waals surface area contributed by atoms with Crippen molar-refractivity contribution >= 4 is 17.2 Å². The largest absolute Gasteiger partial charge is 0.417 e. The van der Waals surface area contributed by atoms with E-state index in [2.05, 4.69) is 10.3 Å². The highest BCUT2D eigenvalue weighted by Gasteiger charge is 2.31. The molecular formula is C17H20F3N3OS. The van der Waals surface area contributed by atoms with Crippen LogP contribution < -0.4 is 10.2 Å². The van der Waals surface area contributed by atoms with Gasteiger partial charge in [0.1, 0.15) is 11.9 Å². The molecule has 0 radical (unpaired) electrons. The first-order valence-electron chi connectivity index (χ1n) is 8.16. The van der Waals surface area contributed by atoms with Gasteiger partial charge in [-0.2, -0.15) is 13.2 Å². The van der Waals surface area contributed by atoms with Gasteiger partial charge in [0, 0.05) is 36.8 Å². The summed E-state index contributed by atoms with van der Waals surface area (Å²) in [5, 5.41) is 15.4. The number of aliphatic hydroxyl groups excluding tert-OH is 1. The molecule has 2 aromatic rings. The van der Waals surface area contributed by atoms with E-state index in [1.165, 1.54) is 17.4 Å². The molecule has 8 heteroatoms. The van der Waals surface area contributed by atoms with Crippen LogP contribution in [0.4, 0.5) is 19.0 Å². The molecule has 1 aliphatic heterocycles. The highest BCUT2D eigenvalue weighted by Crippen LogP contribution is 2.29. The van der Waals surface area contributed by atoms with Crippen LogP contribution in [0.5, 0.6) is 0 Å². The van der Waals surface area contributed by atoms with Gasteiger partial charge in [0.2, 0.25) is 0 Å². The summed E-state index contributed by atoms with van der Waals surface area (Å²) in [7, 11) is 0. The van der Waals surface area contributed by atoms with Crippen molar-refractivity contribution in [2.45, 2.75) is 31.2 Å². The van der Waals surface area contributed by atoms with Crippen LogP contribution in [0.25, 0.3) is 0 Å². The summed E-state index contributed by atoms with van der Waals surface area (Å²) in [5.41, 5.74) is -0.727. The molecule has 0 saturated carbocycles. The van der Waals surface area contributed by atoms with Gasteiger partial charge in [-0.1, -0.05) is 6.07 Å². The van der Waals surface area contributed by atoms with E-state index >= 15 is 0 Å². The van der Waals surface area contributed by atoms with Crippen LogP contribution in [-0.2, 0) is 6.18 Å². The molecule has 25 heavy (non-hydrogen) atoms. The summed E-state index contributed by atoms with van der Waals surface area (Å²) in [6, 6.07) is 6.62. The van der Waals surface area contributed by atoms with Gasteiger partial charge in [0.15, 0.2) is 0 Å². The molecule has 2 aromatic heterocycles. The number of anilines is 1. The highest BCUT2D eigenvalue weighted by molar-refractivity contribution is 7.10. The first-order valence-corrected chi connectivity index (χ1v) is 9.04. The monoisotopic (exact) mass is 371 g/mol. The molecule has 2 N–H and O–H groups in total. The summed E-state index contributed by atoms with van der Waals surface area (Å²) in [4.78, 5) is 6.89. The fraction of sp³-hybridized carbons (Fsp3) is 0.471. The number of piperidine rings is 1. The normalized spacial score (nSPS) is 17.7. The van der Waals surface area contributed by atoms with Gasteiger partial charge in [0.25, 0.3) is 0 Å². The van der Waals surface area contributed by atoms with Gasteiger partial charge in [-0.05, 0) is 36.4 Å². The standard InChI is InChI=1S/C17H20F3N3OS/c18-17(19,20)12-3-4-16(22-10-12)23-7-5-13(6-8-23)21-11-14(24)15-2-1-9-25-15/h1-4,9-10,13-14,21,24H,5-8,11H2/t14-/m0/s1. The first-order chi connectivity index (χ1) is 11.9. The molecule has 0 aromatic carbocycles. The van der Waals surface area contributed by atoms with Crippen molar-refractivity contribution in [3.05, 3.63) is 46.3 Å². The number of nitrogens with zero attached hydrogens (tertiary/aromatic N) is 2. The topological polar surface area (TPSA) is 48.4 Å². The first kappa shape index (κ1) is 18.2. The van der Waals surface area contributed by atoms with Crippen LogP contribution in [0.2, 0.25) is 0 Å². The zero-order valence-electron chi connectivity index (χ0n) is 13.5. The minimum Gasteiger partial charge on any atom is -0.386 e. The summed E-state index contributed by atoms with van der Waals surface area (Å²) < 4.78 is 37.8. The van der Waals surface area contributed by atoms with Crippen LogP contribution in [0.3, 0.4) is 0 Å². The molecule has 3 rings (SSSR count). The number of hydrogen-bond donors (Lipinski definition) is 2. The molecule has 0 bridgehead atoms. The van der Waals surface area contributed by atoms with Crippen LogP contribution >= 0.6 is 11.3 Å². The maximum atomic E-state index is 12.6. The van der Waals surface area contributed by atoms with Gasteiger partial charge in [-0.15, -0.1) is 11.3 Å². The van der Waals surface area contributed by atoms with Crippen LogP contribution in [0.15, 0.2) is 35.8 Å². The predicted molar refractivity (Wildman–Crippen MR) is 91.8 cm³/mol. The van der Waals surface area contributed by atoms with E-state index in [-0.39, 0.29) is 0 Å². The number of alkyl halides is 3. The molecule has 0 unspecified atom stereocenters. The third-order valence-electron chi connectivity index (χ3n) is 4.37. The molecule has 136 valence electrons. The molecule has 1 fully saturated rings. The lowest BCUT2D eigenvalue weighted by atomic mass is 10.0. The van der Waals surface area contributed by atoms with Gasteiger partial charge in [0.05, 0.1) is 5.56 Å². The maximum Gasteiger partial charge on any atom is 0.417 e. The number of aliphatic hydroxyl groups is 1. The number of halogens is 3. The third-order valence-corrected chi connectivity index (χ3v) is 5.34. The Hall–Kier alpha value is -1.64. The molecule has 0 aliphatic carbocycles. The summed E-state index contributed by atoms with van der Waals surface area (Å²) in [6.45, 7) is 1.96. The zero-order chi connectivity index (χ0) is 17.9. The third kappa shape index (κ3) is 4.71. The summed E-state index contributed by atoms with van der Waals surface area (Å²) in [5.74, 6) is 0.574. The van der Waals surface area contributed by atoms with Gasteiger partial charge in [-0.3, -0.25) is 0 Å². The lowest BCUT2D eigenvalue weighted by molar-refractivity contribution is -0.137. The van der Waals surface area contributed by atoms with Crippen molar-refractivity contribution in [2.24, 2.45) is 0 Å². The van der Waals surface area contributed by atoms with Gasteiger partial charge in [-0.25, -0.2) is 4.98 Å². The van der Waals surface area contributed by atoms with Crippen LogP contribution in [0, 0.1) is 0 Å². The van der Waals surface area contributed by atoms with Crippen molar-refractivity contribution < 1.29 is 18.3 Å². The number of pyridine rings is 1. The Kier molecular flexibility index (Phi) is 5.61. The smallest absolute Gasteiger partial charge is 0.386 e. The lowest BCUT2D eigenvalue weighted by Crippen LogP contribution is -2.43. The van der Waals surface area contributed by atoms with Crippen molar-refractivity contribution in [3.8, 4) is 0 Å². The second-order valence-corrected chi connectivity index (χ2v) is 7.08. The van der Waals surface area contributed by atoms with Crippen molar-refractivity contribution in [3.63, 3.8) is 0 Å². The van der Waals surface area contributed by atoms with Crippen LogP contribution in [0.1, 0.15) is 29.4 Å². The predicted octanol–water partition coefficient (Wildman–Crippen LogP) is 3.45. The molecule has 4 nitrogen and oxygen atoms in total. The van der Waals surface area contributed by atoms with E-state index in [0.29, 0.717) is 18.4 Å². The minimum absolute atomic E-state index is 0.292. The SMILES string of the molecule is O[C@@H](CNC1CCN(c2ccc(C(F)(F)F)cn2)CC1)c1cccs1. The number of thiophene rings is 1. The molecule has 3 heterocycles. The Balaban J connectivity index is 1.47. The summed E-state index contributed by atoms with van der Waals surface area (Å²) in [6.07, 6.45) is -2.25. The zero-order valence-corrected chi connectivity index (χ0v) is 14.4. The van der Waals surface area contributed by atoms with Crippen molar-refractivity contribution in [1.82, 2.24) is 10.3 Å². The number of hydrogen-bond acceptors (Lipinski definition) is 5. The Morgan fingerprint density at radius 3 is 2.60 bits per heavy atom. The summed E-state index contributed by atoms with van der Waals surface area (Å²) >= 11 is 1.53. The van der Waals surface area contributed by atoms with Gasteiger partial charge < -0.3 is 15.3 Å². The number of rotatable bonds is 5. The van der Waals surface area contributed by atoms with Gasteiger partial charge >= 0.3 is 6.18 Å². The molecule has 0 spiro atoms. The fourth-order valence-corrected chi connectivity index (χ4v) is 3.63. The van der Waals surface area contributed by atoms with E-state index in [4.69, 9.17) is 0 Å². The Bertz CT molecular complexity index is 653. The molecule has 0 amide bonds. The molecule has 1 atom stereocenters. The Labute approximate surface area is 148 Å². The van der Waals surface area contributed by atoms with E-state index < -0.39 is 17.8 Å². The Morgan fingerprint density at radius 1 is 1.28 bits per heavy atom. The molecular weight excluding hydrogens is 351 g/mol. The number of nitrogens with one attached hydrogen (secondary N) is 1. The van der Waals surface area contributed by atoms with E-state index in [1.807, 2.05) is 22.4 Å². The molecule has 1 saturated heterocycles. The Morgan fingerprint density at radius 2 is 2.04 bits per heavy atom.